The normalized spacial score (nSPS) is 22.8. The van der Waals surface area contributed by atoms with Crippen LogP contribution in [0.5, 0.6) is 0 Å². The summed E-state index contributed by atoms with van der Waals surface area (Å²) >= 11 is 0. The van der Waals surface area contributed by atoms with Gasteiger partial charge in [0.05, 0.1) is 16.9 Å². The van der Waals surface area contributed by atoms with Crippen molar-refractivity contribution in [3.05, 3.63) is 76.8 Å². The first-order valence-electron chi connectivity index (χ1n) is 15.3. The Morgan fingerprint density at radius 2 is 1.80 bits per heavy atom. The molecule has 1 aliphatic carbocycles. The van der Waals surface area contributed by atoms with Crippen LogP contribution < -0.4 is 21.0 Å². The molecule has 4 aromatic rings. The van der Waals surface area contributed by atoms with E-state index in [1.165, 1.54) is 18.3 Å². The fourth-order valence-corrected chi connectivity index (χ4v) is 8.42. The molecule has 1 spiro atoms. The minimum absolute atomic E-state index is 0.0557. The maximum atomic E-state index is 13.0. The molecule has 11 nitrogen and oxygen atoms in total. The second-order valence-electron chi connectivity index (χ2n) is 12.6. The first kappa shape index (κ1) is 28.9. The number of likely N-dealkylation sites (tertiary alicyclic amines) is 1. The van der Waals surface area contributed by atoms with Crippen LogP contribution in [-0.2, 0) is 16.6 Å². The van der Waals surface area contributed by atoms with E-state index in [1.807, 2.05) is 18.2 Å². The standard InChI is InChI=1S/C32H38N8O3S/c33-21-35-26-16-32(17-26)11-14-39(20-32)18-22-1-5-27(6-2-22)40-19-24-15-29(36-30(24)37-31(40)41)23-3-7-28(8-4-23)44(42,43)38-25-9-12-34-13-10-25/h1-8,15,19,21,25-26,34,38H,9-14,16-18,20H2,(H2,33,35)(H,36,37,41). The summed E-state index contributed by atoms with van der Waals surface area (Å²) in [5.74, 6) is 0. The van der Waals surface area contributed by atoms with Crippen molar-refractivity contribution in [3.63, 3.8) is 0 Å². The quantitative estimate of drug-likeness (QED) is 0.144. The third-order valence-corrected chi connectivity index (χ3v) is 11.0. The van der Waals surface area contributed by atoms with Crippen LogP contribution in [-0.4, -0.2) is 72.5 Å². The summed E-state index contributed by atoms with van der Waals surface area (Å²) in [4.78, 5) is 23.2. The molecule has 1 saturated carbocycles. The zero-order valence-electron chi connectivity index (χ0n) is 24.6. The van der Waals surface area contributed by atoms with Crippen molar-refractivity contribution >= 4 is 27.4 Å². The molecular weight excluding hydrogens is 576 g/mol. The molecule has 0 unspecified atom stereocenters. The highest BCUT2D eigenvalue weighted by Gasteiger charge is 2.47. The van der Waals surface area contributed by atoms with E-state index in [-0.39, 0.29) is 16.6 Å². The van der Waals surface area contributed by atoms with Gasteiger partial charge in [0.15, 0.2) is 0 Å². The number of hydrogen-bond acceptors (Lipinski definition) is 7. The molecule has 0 radical (unpaired) electrons. The Balaban J connectivity index is 1.03. The molecule has 44 heavy (non-hydrogen) atoms. The summed E-state index contributed by atoms with van der Waals surface area (Å²) in [6.07, 6.45) is 8.14. The maximum absolute atomic E-state index is 13.0. The van der Waals surface area contributed by atoms with Crippen LogP contribution in [0.3, 0.4) is 0 Å². The lowest BCUT2D eigenvalue weighted by Crippen LogP contribution is -2.49. The van der Waals surface area contributed by atoms with Crippen LogP contribution >= 0.6 is 0 Å². The summed E-state index contributed by atoms with van der Waals surface area (Å²) < 4.78 is 30.1. The topological polar surface area (TPSA) is 148 Å². The van der Waals surface area contributed by atoms with E-state index < -0.39 is 10.0 Å². The molecule has 2 aromatic heterocycles. The molecule has 0 bridgehead atoms. The first-order chi connectivity index (χ1) is 21.3. The minimum Gasteiger partial charge on any atom is -0.374 e. The fraction of sp³-hybridized carbons (Fsp3) is 0.406. The van der Waals surface area contributed by atoms with Crippen molar-refractivity contribution in [1.29, 1.82) is 5.41 Å². The molecule has 3 aliphatic rings. The van der Waals surface area contributed by atoms with E-state index in [0.29, 0.717) is 17.1 Å². The molecule has 230 valence electrons. The van der Waals surface area contributed by atoms with Gasteiger partial charge in [0.1, 0.15) is 5.65 Å². The van der Waals surface area contributed by atoms with Gasteiger partial charge in [-0.3, -0.25) is 14.9 Å². The number of sulfonamides is 1. The summed E-state index contributed by atoms with van der Waals surface area (Å²) in [6, 6.07) is 17.2. The second-order valence-corrected chi connectivity index (χ2v) is 14.3. The van der Waals surface area contributed by atoms with E-state index in [4.69, 9.17) is 5.41 Å². The van der Waals surface area contributed by atoms with Crippen molar-refractivity contribution in [3.8, 4) is 16.9 Å². The highest BCUT2D eigenvalue weighted by atomic mass is 32.2. The van der Waals surface area contributed by atoms with Gasteiger partial charge in [0.2, 0.25) is 10.0 Å². The number of piperidine rings is 1. The number of fused-ring (bicyclic) bond motifs is 1. The summed E-state index contributed by atoms with van der Waals surface area (Å²) in [6.45, 7) is 4.68. The van der Waals surface area contributed by atoms with Gasteiger partial charge >= 0.3 is 5.69 Å². The van der Waals surface area contributed by atoms with Gasteiger partial charge in [-0.2, -0.15) is 4.98 Å². The maximum Gasteiger partial charge on any atom is 0.354 e. The monoisotopic (exact) mass is 614 g/mol. The van der Waals surface area contributed by atoms with Crippen LogP contribution in [0.1, 0.15) is 37.7 Å². The van der Waals surface area contributed by atoms with Crippen LogP contribution in [0.25, 0.3) is 28.0 Å². The predicted molar refractivity (Wildman–Crippen MR) is 171 cm³/mol. The predicted octanol–water partition coefficient (Wildman–Crippen LogP) is 2.96. The molecule has 2 aromatic carbocycles. The number of nitrogens with zero attached hydrogens (tertiary/aromatic N) is 3. The molecule has 2 aliphatic heterocycles. The smallest absolute Gasteiger partial charge is 0.354 e. The van der Waals surface area contributed by atoms with Crippen molar-refractivity contribution in [2.75, 3.05) is 26.2 Å². The van der Waals surface area contributed by atoms with Gasteiger partial charge < -0.3 is 15.6 Å². The van der Waals surface area contributed by atoms with Gasteiger partial charge in [-0.25, -0.2) is 17.9 Å². The average molecular weight is 615 g/mol. The van der Waals surface area contributed by atoms with Crippen LogP contribution in [0.15, 0.2) is 70.5 Å². The number of nitrogens with one attached hydrogen (secondary N) is 5. The molecule has 0 amide bonds. The number of aromatic nitrogens is 3. The number of aromatic amines is 1. The van der Waals surface area contributed by atoms with Crippen LogP contribution in [0, 0.1) is 10.8 Å². The molecule has 12 heteroatoms. The van der Waals surface area contributed by atoms with E-state index in [0.717, 1.165) is 80.7 Å². The Kier molecular flexibility index (Phi) is 7.61. The third kappa shape index (κ3) is 5.82. The van der Waals surface area contributed by atoms with Gasteiger partial charge in [0.25, 0.3) is 0 Å². The number of benzene rings is 2. The van der Waals surface area contributed by atoms with Crippen LogP contribution in [0.2, 0.25) is 0 Å². The van der Waals surface area contributed by atoms with Gasteiger partial charge in [-0.1, -0.05) is 24.3 Å². The van der Waals surface area contributed by atoms with Gasteiger partial charge in [0, 0.05) is 42.5 Å². The van der Waals surface area contributed by atoms with E-state index >= 15 is 0 Å². The highest BCUT2D eigenvalue weighted by molar-refractivity contribution is 7.89. The van der Waals surface area contributed by atoms with Crippen molar-refractivity contribution in [2.45, 2.75) is 55.6 Å². The Labute approximate surface area is 256 Å². The van der Waals surface area contributed by atoms with E-state index in [2.05, 4.69) is 42.4 Å². The highest BCUT2D eigenvalue weighted by Crippen LogP contribution is 2.48. The average Bonchev–Trinajstić information content (AvgIpc) is 3.62. The lowest BCUT2D eigenvalue weighted by atomic mass is 9.65. The van der Waals surface area contributed by atoms with E-state index in [1.54, 1.807) is 35.0 Å². The zero-order chi connectivity index (χ0) is 30.3. The fourth-order valence-electron chi connectivity index (χ4n) is 7.11. The summed E-state index contributed by atoms with van der Waals surface area (Å²) in [5, 5.41) is 14.4. The number of H-pyrrole nitrogens is 1. The largest absolute Gasteiger partial charge is 0.374 e. The molecule has 0 atom stereocenters. The molecule has 4 heterocycles. The molecule has 3 fully saturated rings. The summed E-state index contributed by atoms with van der Waals surface area (Å²) in [5.41, 5.74) is 4.03. The molecule has 7 rings (SSSR count). The van der Waals surface area contributed by atoms with Gasteiger partial charge in [-0.05, 0) is 98.6 Å². The van der Waals surface area contributed by atoms with Gasteiger partial charge in [-0.15, -0.1) is 0 Å². The number of rotatable bonds is 9. The van der Waals surface area contributed by atoms with Crippen molar-refractivity contribution in [2.24, 2.45) is 5.41 Å². The Morgan fingerprint density at radius 3 is 2.52 bits per heavy atom. The lowest BCUT2D eigenvalue weighted by Gasteiger charge is -2.45. The van der Waals surface area contributed by atoms with Crippen molar-refractivity contribution in [1.82, 2.24) is 34.8 Å². The SMILES string of the molecule is N=CNC1CC2(CCN(Cc3ccc(-n4cc5cc(-c6ccc(S(=O)(=O)NC7CCNCC7)cc6)[nH]c5nc4=O)cc3)C2)C1. The molecule has 5 N–H and O–H groups in total. The zero-order valence-corrected chi connectivity index (χ0v) is 25.4. The number of hydrogen-bond donors (Lipinski definition) is 5. The summed E-state index contributed by atoms with van der Waals surface area (Å²) in [7, 11) is -3.60. The molecular formula is C32H38N8O3S. The minimum atomic E-state index is -3.60. The third-order valence-electron chi connectivity index (χ3n) is 9.46. The Bertz CT molecular complexity index is 1820. The Morgan fingerprint density at radius 1 is 1.05 bits per heavy atom. The Hall–Kier alpha value is -3.84. The van der Waals surface area contributed by atoms with E-state index in [9.17, 15) is 13.2 Å². The molecule has 2 saturated heterocycles. The van der Waals surface area contributed by atoms with Crippen molar-refractivity contribution < 1.29 is 8.42 Å². The first-order valence-corrected chi connectivity index (χ1v) is 16.8. The van der Waals surface area contributed by atoms with Crippen LogP contribution in [0.4, 0.5) is 0 Å². The second kappa shape index (κ2) is 11.6. The lowest BCUT2D eigenvalue weighted by molar-refractivity contribution is 0.100.